The average Bonchev–Trinajstić information content (AvgIpc) is 0.827. The van der Waals surface area contributed by atoms with Crippen LogP contribution in [-0.2, 0) is 37.3 Å². The molecule has 79 heavy (non-hydrogen) atoms. The van der Waals surface area contributed by atoms with Crippen LogP contribution in [0, 0.1) is 18.5 Å². The van der Waals surface area contributed by atoms with Crippen LogP contribution in [0.4, 0.5) is 0 Å². The minimum atomic E-state index is -5.58. The van der Waals surface area contributed by atoms with E-state index in [2.05, 4.69) is 110 Å². The van der Waals surface area contributed by atoms with Gasteiger partial charge in [-0.2, -0.15) is 18.2 Å². The summed E-state index contributed by atoms with van der Waals surface area (Å²) in [7, 11) is -5.58. The molecule has 0 spiro atoms. The van der Waals surface area contributed by atoms with Crippen LogP contribution in [0.2, 0.25) is 0 Å². The monoisotopic (exact) mass is 1240 g/mol. The number of para-hydroxylation sites is 2. The third-order valence-corrected chi connectivity index (χ3v) is 18.6. The zero-order valence-electron chi connectivity index (χ0n) is 60.2. The number of hydrogen-bond acceptors (Lipinski definition) is 2. The zero-order valence-corrected chi connectivity index (χ0v) is 48.5. The van der Waals surface area contributed by atoms with E-state index in [1.807, 2.05) is 77.5 Å². The normalized spacial score (nSPS) is 14.9. The number of benzene rings is 9. The van der Waals surface area contributed by atoms with Gasteiger partial charge in [-0.15, -0.1) is 29.7 Å². The maximum Gasteiger partial charge on any atom is 0.268 e. The van der Waals surface area contributed by atoms with Gasteiger partial charge >= 0.3 is 0 Å². The number of pyridine rings is 1. The molecule has 12 aromatic rings. The quantitative estimate of drug-likeness (QED) is 0.0592. The SMILES string of the molecule is [2H]c1c([2H])c([2H])c([Si](c2ccc3c(c2)n(-c2[c-]c(Oc4[c-]c5c(cc4)c4ccccc4n5-c4cc(C(C)(C)C)ccn4)ccc2)[c-][n+]3-c2c(-c3cccc(C(C)(C)C)c3)cccc2C(C)(C)C)(c2c([2H])c([2H])c([2H])c([2H])c2[2H])c2c([2H])c([2H])c([2H])c([2H])c2[2H])c([2H])c1[2H].[Pt]. The smallest absolute Gasteiger partial charge is 0.268 e. The molecule has 5 nitrogen and oxygen atoms in total. The molecule has 9 aromatic carbocycles. The molecule has 0 aliphatic carbocycles. The van der Waals surface area contributed by atoms with E-state index in [1.54, 1.807) is 34.9 Å². The fourth-order valence-electron chi connectivity index (χ4n) is 10.5. The van der Waals surface area contributed by atoms with Crippen LogP contribution in [0.1, 0.15) is 99.6 Å². The van der Waals surface area contributed by atoms with Gasteiger partial charge in [0.1, 0.15) is 5.82 Å². The van der Waals surface area contributed by atoms with Gasteiger partial charge in [0.25, 0.3) is 6.33 Å². The van der Waals surface area contributed by atoms with Crippen LogP contribution in [0.25, 0.3) is 61.2 Å². The first-order valence-electron chi connectivity index (χ1n) is 33.4. The molecule has 0 aliphatic rings. The van der Waals surface area contributed by atoms with E-state index >= 15 is 0 Å². The molecule has 0 aliphatic heterocycles. The third kappa shape index (κ3) is 9.70. The van der Waals surface area contributed by atoms with E-state index < -0.39 is 120 Å². The van der Waals surface area contributed by atoms with Gasteiger partial charge in [-0.25, -0.2) is 4.98 Å². The number of fused-ring (bicyclic) bond motifs is 4. The van der Waals surface area contributed by atoms with E-state index in [4.69, 9.17) is 13.8 Å². The van der Waals surface area contributed by atoms with Gasteiger partial charge in [0.15, 0.2) is 8.07 Å². The second-order valence-corrected chi connectivity index (χ2v) is 26.2. The summed E-state index contributed by atoms with van der Waals surface area (Å²) in [6.07, 6.45) is 5.48. The minimum absolute atomic E-state index is 0. The molecule has 0 amide bonds. The Morgan fingerprint density at radius 3 is 1.81 bits per heavy atom. The maximum absolute atomic E-state index is 9.81. The van der Waals surface area contributed by atoms with Gasteiger partial charge in [-0.05, 0) is 94.1 Å². The molecule has 12 rings (SSSR count). The second kappa shape index (κ2) is 20.7. The molecular formula is C72H64N4OPtSi-2. The molecule has 0 unspecified atom stereocenters. The van der Waals surface area contributed by atoms with Crippen molar-refractivity contribution in [2.75, 3.05) is 0 Å². The van der Waals surface area contributed by atoms with Crippen LogP contribution in [0.3, 0.4) is 0 Å². The van der Waals surface area contributed by atoms with Crippen molar-refractivity contribution in [1.29, 1.82) is 0 Å². The Balaban J connectivity index is 0.00000901. The number of nitrogens with zero attached hydrogens (tertiary/aromatic N) is 4. The van der Waals surface area contributed by atoms with Crippen LogP contribution in [-0.4, -0.2) is 22.2 Å². The summed E-state index contributed by atoms with van der Waals surface area (Å²) in [5.74, 6) is 1.29. The Bertz CT molecular complexity index is 4870. The zero-order chi connectivity index (χ0) is 67.0. The van der Waals surface area contributed by atoms with Gasteiger partial charge in [0, 0.05) is 44.3 Å². The fraction of sp³-hybridized carbons (Fsp3) is 0.167. The Labute approximate surface area is 502 Å². The Kier molecular flexibility index (Phi) is 9.92. The van der Waals surface area contributed by atoms with Crippen LogP contribution < -0.4 is 30.1 Å². The molecule has 3 heterocycles. The number of ether oxygens (including phenoxy) is 1. The van der Waals surface area contributed by atoms with Crippen molar-refractivity contribution < 1.29 is 50.9 Å². The number of rotatable bonds is 10. The largest absolute Gasteiger partial charge is 0.510 e. The van der Waals surface area contributed by atoms with Crippen molar-refractivity contribution in [2.24, 2.45) is 0 Å². The molecule has 0 radical (unpaired) electrons. The summed E-state index contributed by atoms with van der Waals surface area (Å²) in [6, 6.07) is 34.6. The summed E-state index contributed by atoms with van der Waals surface area (Å²) in [5, 5.41) is 0.0240. The van der Waals surface area contributed by atoms with Crippen LogP contribution in [0.5, 0.6) is 11.5 Å². The number of aromatic nitrogens is 4. The predicted octanol–water partition coefficient (Wildman–Crippen LogP) is 14.5. The Morgan fingerprint density at radius 1 is 0.532 bits per heavy atom. The molecule has 0 saturated carbocycles. The van der Waals surface area contributed by atoms with E-state index in [0.717, 1.165) is 44.1 Å². The van der Waals surface area contributed by atoms with Crippen molar-refractivity contribution in [3.63, 3.8) is 0 Å². The van der Waals surface area contributed by atoms with Gasteiger partial charge in [0.2, 0.25) is 0 Å². The third-order valence-electron chi connectivity index (χ3n) is 14.4. The minimum Gasteiger partial charge on any atom is -0.510 e. The summed E-state index contributed by atoms with van der Waals surface area (Å²) in [6.45, 7) is 19.2. The molecule has 0 N–H and O–H groups in total. The fourth-order valence-corrected chi connectivity index (χ4v) is 14.3. The number of hydrogen-bond donors (Lipinski definition) is 0. The first-order valence-corrected chi connectivity index (χ1v) is 27.9. The molecule has 0 atom stereocenters. The van der Waals surface area contributed by atoms with Crippen molar-refractivity contribution >= 4 is 61.7 Å². The van der Waals surface area contributed by atoms with Crippen molar-refractivity contribution in [1.82, 2.24) is 14.1 Å². The number of imidazole rings is 1. The average molecular weight is 1240 g/mol. The van der Waals surface area contributed by atoms with E-state index in [1.165, 1.54) is 6.07 Å². The summed E-state index contributed by atoms with van der Waals surface area (Å²) in [5.41, 5.74) is 7.26. The van der Waals surface area contributed by atoms with E-state index in [-0.39, 0.29) is 48.3 Å². The molecule has 0 fully saturated rings. The summed E-state index contributed by atoms with van der Waals surface area (Å²) >= 11 is 0. The Morgan fingerprint density at radius 2 is 1.15 bits per heavy atom. The summed E-state index contributed by atoms with van der Waals surface area (Å²) in [4.78, 5) is 4.85. The van der Waals surface area contributed by atoms with Crippen LogP contribution >= 0.6 is 0 Å². The van der Waals surface area contributed by atoms with E-state index in [0.29, 0.717) is 34.0 Å². The Hall–Kier alpha value is -7.89. The topological polar surface area (TPSA) is 35.9 Å². The van der Waals surface area contributed by atoms with E-state index in [9.17, 15) is 16.4 Å². The maximum atomic E-state index is 9.81. The van der Waals surface area contributed by atoms with Crippen molar-refractivity contribution in [3.05, 3.63) is 259 Å². The molecule has 394 valence electrons. The van der Waals surface area contributed by atoms with Gasteiger partial charge in [-0.3, -0.25) is 4.57 Å². The molecule has 0 bridgehead atoms. The first-order chi connectivity index (χ1) is 43.8. The molecule has 3 aromatic heterocycles. The van der Waals surface area contributed by atoms with Crippen molar-refractivity contribution in [2.45, 2.75) is 78.6 Å². The molecule has 7 heteroatoms. The molecular weight excluding hydrogens is 1160 g/mol. The van der Waals surface area contributed by atoms with Crippen molar-refractivity contribution in [3.8, 4) is 39.8 Å². The van der Waals surface area contributed by atoms with Gasteiger partial charge in [-0.1, -0.05) is 237 Å². The first kappa shape index (κ1) is 37.8. The predicted molar refractivity (Wildman–Crippen MR) is 325 cm³/mol. The van der Waals surface area contributed by atoms with Gasteiger partial charge in [0.05, 0.1) is 37.3 Å². The second-order valence-electron chi connectivity index (χ2n) is 22.6. The van der Waals surface area contributed by atoms with Gasteiger partial charge < -0.3 is 13.9 Å². The standard InChI is InChI=1S/C72H64N4OSi.Pt/c1-70(2,3)51-25-21-24-50(44-51)60-35-23-36-63(72(7,8)9)69(60)75-49-74(67-48-59(39-41-65(67)75)78(56-28-13-10-14-29-56,57-30-15-11-16-31-57)58-32-17-12-18-33-58)53-26-22-27-54(46-53)77-55-38-40-62-61-34-19-20-37-64(61)76(66(62)47-55)68-45-52(42-43-73-68)71(4,5)6;/h10-45,48H,1-9H3;/q-2;/i10D,11D,12D,13D,14D,15D,16D,17D,18D,28D,29D,30D,31D,32D,33D;. The summed E-state index contributed by atoms with van der Waals surface area (Å²) < 4.78 is 153. The molecule has 0 saturated heterocycles. The van der Waals surface area contributed by atoms with Crippen LogP contribution in [0.15, 0.2) is 224 Å².